The molecule has 0 aliphatic carbocycles. The van der Waals surface area contributed by atoms with Crippen LogP contribution in [0.3, 0.4) is 0 Å². The van der Waals surface area contributed by atoms with E-state index in [1.54, 1.807) is 24.3 Å². The molecule has 2 amide bonds. The molecule has 7 nitrogen and oxygen atoms in total. The van der Waals surface area contributed by atoms with Crippen molar-refractivity contribution in [3.8, 4) is 5.69 Å². The first-order chi connectivity index (χ1) is 14.7. The molecule has 0 spiro atoms. The second-order valence-corrected chi connectivity index (χ2v) is 7.98. The first-order valence-corrected chi connectivity index (χ1v) is 11.0. The fourth-order valence-electron chi connectivity index (χ4n) is 3.41. The van der Waals surface area contributed by atoms with E-state index >= 15 is 0 Å². The van der Waals surface area contributed by atoms with Gasteiger partial charge in [0.1, 0.15) is 0 Å². The molecule has 1 saturated heterocycles. The highest BCUT2D eigenvalue weighted by molar-refractivity contribution is 7.99. The Morgan fingerprint density at radius 2 is 1.57 bits per heavy atom. The van der Waals surface area contributed by atoms with Gasteiger partial charge in [-0.05, 0) is 43.5 Å². The van der Waals surface area contributed by atoms with Gasteiger partial charge in [0.05, 0.1) is 11.4 Å². The van der Waals surface area contributed by atoms with Crippen molar-refractivity contribution in [2.24, 2.45) is 0 Å². The number of hydrogen-bond acceptors (Lipinski definition) is 6. The lowest BCUT2D eigenvalue weighted by Crippen LogP contribution is -2.32. The van der Waals surface area contributed by atoms with Crippen molar-refractivity contribution >= 4 is 29.5 Å². The molecule has 0 unspecified atom stereocenters. The van der Waals surface area contributed by atoms with Crippen molar-refractivity contribution in [1.82, 2.24) is 20.1 Å². The highest BCUT2D eigenvalue weighted by Gasteiger charge is 2.22. The second-order valence-electron chi connectivity index (χ2n) is 7.03. The van der Waals surface area contributed by atoms with Gasteiger partial charge in [0.15, 0.2) is 5.16 Å². The molecule has 154 valence electrons. The van der Waals surface area contributed by atoms with E-state index in [2.05, 4.69) is 20.4 Å². The van der Waals surface area contributed by atoms with E-state index in [1.165, 1.54) is 18.2 Å². The molecular weight excluding hydrogens is 398 g/mol. The molecule has 1 fully saturated rings. The summed E-state index contributed by atoms with van der Waals surface area (Å²) in [6.45, 7) is 1.89. The highest BCUT2D eigenvalue weighted by atomic mass is 32.2. The number of rotatable bonds is 6. The number of imide groups is 1. The predicted octanol–water partition coefficient (Wildman–Crippen LogP) is 3.31. The van der Waals surface area contributed by atoms with Crippen LogP contribution in [0.4, 0.5) is 5.95 Å². The number of carbonyl (C=O) groups excluding carboxylic acids is 2. The number of anilines is 1. The van der Waals surface area contributed by atoms with Gasteiger partial charge < -0.3 is 4.90 Å². The van der Waals surface area contributed by atoms with Crippen molar-refractivity contribution in [3.05, 3.63) is 66.2 Å². The average Bonchev–Trinajstić information content (AvgIpc) is 3.23. The Morgan fingerprint density at radius 1 is 0.900 bits per heavy atom. The number of amides is 2. The van der Waals surface area contributed by atoms with Crippen molar-refractivity contribution in [3.63, 3.8) is 0 Å². The monoisotopic (exact) mass is 421 g/mol. The Balaban J connectivity index is 1.49. The third kappa shape index (κ3) is 4.71. The van der Waals surface area contributed by atoms with Gasteiger partial charge in [0, 0.05) is 18.7 Å². The Bertz CT molecular complexity index is 1000. The standard InChI is InChI=1S/C22H23N5O2S/c28-19(23-20(29)17-10-4-1-5-11-17)16-30-22-25-24-21(26-14-8-3-9-15-26)27(22)18-12-6-2-7-13-18/h1-2,4-7,10-13H,3,8-9,14-16H2,(H,23,28,29). The lowest BCUT2D eigenvalue weighted by atomic mass is 10.1. The van der Waals surface area contributed by atoms with Gasteiger partial charge in [-0.25, -0.2) is 0 Å². The second kappa shape index (κ2) is 9.58. The van der Waals surface area contributed by atoms with Crippen LogP contribution in [0.15, 0.2) is 65.8 Å². The summed E-state index contributed by atoms with van der Waals surface area (Å²) in [6.07, 6.45) is 3.50. The van der Waals surface area contributed by atoms with Crippen molar-refractivity contribution < 1.29 is 9.59 Å². The van der Waals surface area contributed by atoms with Crippen molar-refractivity contribution in [1.29, 1.82) is 0 Å². The first kappa shape index (κ1) is 20.2. The molecule has 2 aromatic carbocycles. The largest absolute Gasteiger partial charge is 0.341 e. The summed E-state index contributed by atoms with van der Waals surface area (Å²) in [4.78, 5) is 26.8. The van der Waals surface area contributed by atoms with Crippen molar-refractivity contribution in [2.75, 3.05) is 23.7 Å². The van der Waals surface area contributed by atoms with Gasteiger partial charge in [0.2, 0.25) is 11.9 Å². The third-order valence-corrected chi connectivity index (χ3v) is 5.82. The minimum absolute atomic E-state index is 0.0730. The van der Waals surface area contributed by atoms with Crippen molar-refractivity contribution in [2.45, 2.75) is 24.4 Å². The SMILES string of the molecule is O=C(CSc1nnc(N2CCCCC2)n1-c1ccccc1)NC(=O)c1ccccc1. The van der Waals surface area contributed by atoms with Gasteiger partial charge in [-0.1, -0.05) is 48.2 Å². The number of benzene rings is 2. The number of nitrogens with zero attached hydrogens (tertiary/aromatic N) is 4. The Labute approximate surface area is 179 Å². The summed E-state index contributed by atoms with van der Waals surface area (Å²) in [5.74, 6) is 0.101. The lowest BCUT2D eigenvalue weighted by molar-refractivity contribution is -0.117. The van der Waals surface area contributed by atoms with Crippen LogP contribution in [0, 0.1) is 0 Å². The maximum Gasteiger partial charge on any atom is 0.257 e. The summed E-state index contributed by atoms with van der Waals surface area (Å²) in [5, 5.41) is 11.8. The summed E-state index contributed by atoms with van der Waals surface area (Å²) in [7, 11) is 0. The van der Waals surface area contributed by atoms with Crippen LogP contribution in [0.5, 0.6) is 0 Å². The number of thioether (sulfide) groups is 1. The maximum absolute atomic E-state index is 12.3. The topological polar surface area (TPSA) is 80.1 Å². The molecule has 1 aromatic heterocycles. The molecule has 1 N–H and O–H groups in total. The Kier molecular flexibility index (Phi) is 6.44. The average molecular weight is 422 g/mol. The molecule has 3 aromatic rings. The quantitative estimate of drug-likeness (QED) is 0.615. The van der Waals surface area contributed by atoms with Gasteiger partial charge in [-0.2, -0.15) is 0 Å². The van der Waals surface area contributed by atoms with Gasteiger partial charge in [-0.15, -0.1) is 10.2 Å². The van der Waals surface area contributed by atoms with E-state index in [1.807, 2.05) is 41.0 Å². The van der Waals surface area contributed by atoms with Crippen LogP contribution in [-0.4, -0.2) is 45.4 Å². The summed E-state index contributed by atoms with van der Waals surface area (Å²) < 4.78 is 1.99. The van der Waals surface area contributed by atoms with Gasteiger partial charge in [-0.3, -0.25) is 19.5 Å². The molecule has 1 aliphatic rings. The zero-order valence-corrected chi connectivity index (χ0v) is 17.3. The number of carbonyl (C=O) groups is 2. The zero-order chi connectivity index (χ0) is 20.8. The molecule has 2 heterocycles. The molecular formula is C22H23N5O2S. The Morgan fingerprint density at radius 3 is 2.27 bits per heavy atom. The van der Waals surface area contributed by atoms with Crippen LogP contribution in [0.2, 0.25) is 0 Å². The van der Waals surface area contributed by atoms with E-state index in [0.717, 1.165) is 37.6 Å². The van der Waals surface area contributed by atoms with Crippen LogP contribution >= 0.6 is 11.8 Å². The number of piperidine rings is 1. The molecule has 0 atom stereocenters. The summed E-state index contributed by atoms with van der Waals surface area (Å²) >= 11 is 1.27. The third-order valence-electron chi connectivity index (χ3n) is 4.89. The van der Waals surface area contributed by atoms with Gasteiger partial charge in [0.25, 0.3) is 5.91 Å². The molecule has 0 bridgehead atoms. The van der Waals surface area contributed by atoms with E-state index < -0.39 is 5.91 Å². The number of para-hydroxylation sites is 1. The van der Waals surface area contributed by atoms with Crippen LogP contribution < -0.4 is 10.2 Å². The first-order valence-electron chi connectivity index (χ1n) is 10.0. The van der Waals surface area contributed by atoms with Crippen LogP contribution in [-0.2, 0) is 4.79 Å². The minimum atomic E-state index is -0.403. The molecule has 30 heavy (non-hydrogen) atoms. The molecule has 4 rings (SSSR count). The zero-order valence-electron chi connectivity index (χ0n) is 16.5. The number of nitrogens with one attached hydrogen (secondary N) is 1. The number of aromatic nitrogens is 3. The molecule has 1 aliphatic heterocycles. The predicted molar refractivity (Wildman–Crippen MR) is 117 cm³/mol. The summed E-state index contributed by atoms with van der Waals surface area (Å²) in [6, 6.07) is 18.6. The van der Waals surface area contributed by atoms with Gasteiger partial charge >= 0.3 is 0 Å². The van der Waals surface area contributed by atoms with E-state index in [4.69, 9.17) is 0 Å². The van der Waals surface area contributed by atoms with Crippen LogP contribution in [0.1, 0.15) is 29.6 Å². The van der Waals surface area contributed by atoms with E-state index in [-0.39, 0.29) is 11.7 Å². The normalized spacial score (nSPS) is 13.8. The summed E-state index contributed by atoms with van der Waals surface area (Å²) in [5.41, 5.74) is 1.40. The molecule has 0 radical (unpaired) electrons. The molecule has 0 saturated carbocycles. The smallest absolute Gasteiger partial charge is 0.257 e. The number of hydrogen-bond donors (Lipinski definition) is 1. The van der Waals surface area contributed by atoms with Crippen LogP contribution in [0.25, 0.3) is 5.69 Å². The van der Waals surface area contributed by atoms with E-state index in [9.17, 15) is 9.59 Å². The fraction of sp³-hybridized carbons (Fsp3) is 0.273. The molecule has 8 heteroatoms. The maximum atomic E-state index is 12.3. The van der Waals surface area contributed by atoms with E-state index in [0.29, 0.717) is 10.7 Å². The fourth-order valence-corrected chi connectivity index (χ4v) is 4.16. The lowest BCUT2D eigenvalue weighted by Gasteiger charge is -2.27. The minimum Gasteiger partial charge on any atom is -0.341 e. The highest BCUT2D eigenvalue weighted by Crippen LogP contribution is 2.28. The Hall–Kier alpha value is -3.13.